The third-order valence-electron chi connectivity index (χ3n) is 4.27. The van der Waals surface area contributed by atoms with Crippen LogP contribution in [0.2, 0.25) is 5.54 Å². The van der Waals surface area contributed by atoms with Gasteiger partial charge in [0.05, 0.1) is 6.61 Å². The van der Waals surface area contributed by atoms with Gasteiger partial charge in [0, 0.05) is 6.20 Å². The molecular weight excluding hydrogens is 340 g/mol. The van der Waals surface area contributed by atoms with Crippen LogP contribution in [0.3, 0.4) is 0 Å². The number of anilines is 1. The third-order valence-corrected chi connectivity index (χ3v) is 6.37. The number of nitrogen functional groups attached to an aromatic ring is 1. The number of hydrogen-bond acceptors (Lipinski definition) is 6. The molecule has 0 radical (unpaired) electrons. The van der Waals surface area contributed by atoms with Gasteiger partial charge in [-0.3, -0.25) is 4.57 Å². The Kier molecular flexibility index (Phi) is 6.07. The number of ether oxygens (including phenoxy) is 1. The first-order chi connectivity index (χ1) is 11.3. The molecule has 1 saturated heterocycles. The summed E-state index contributed by atoms with van der Waals surface area (Å²) >= 11 is 0. The second kappa shape index (κ2) is 7.68. The minimum atomic E-state index is -3.63. The highest BCUT2D eigenvalue weighted by molar-refractivity contribution is 6.29. The summed E-state index contributed by atoms with van der Waals surface area (Å²) in [6.45, 7) is 3.99. The van der Waals surface area contributed by atoms with E-state index in [1.54, 1.807) is 0 Å². The molecule has 10 heteroatoms. The van der Waals surface area contributed by atoms with Gasteiger partial charge in [-0.25, -0.2) is 4.79 Å². The van der Waals surface area contributed by atoms with Crippen LogP contribution in [-0.2, 0) is 9.16 Å². The number of hydrogen-bond donors (Lipinski definition) is 2. The van der Waals surface area contributed by atoms with Crippen LogP contribution in [0.5, 0.6) is 0 Å². The fraction of sp³-hybridized carbons (Fsp3) is 0.714. The van der Waals surface area contributed by atoms with Crippen LogP contribution in [0.4, 0.5) is 14.6 Å². The van der Waals surface area contributed by atoms with Crippen molar-refractivity contribution in [1.29, 1.82) is 0 Å². The molecule has 0 saturated carbocycles. The van der Waals surface area contributed by atoms with Gasteiger partial charge >= 0.3 is 11.6 Å². The quantitative estimate of drug-likeness (QED) is 0.682. The molecule has 3 N–H and O–H groups in total. The normalized spacial score (nSPS) is 26.7. The minimum Gasteiger partial charge on any atom is -0.421 e. The molecular formula is C14H23F2N3O4Si. The molecule has 7 nitrogen and oxygen atoms in total. The van der Waals surface area contributed by atoms with E-state index in [9.17, 15) is 18.7 Å². The van der Waals surface area contributed by atoms with Crippen molar-refractivity contribution in [1.82, 2.24) is 9.55 Å². The van der Waals surface area contributed by atoms with Crippen molar-refractivity contribution >= 4 is 15.6 Å². The Morgan fingerprint density at radius 2 is 2.21 bits per heavy atom. The van der Waals surface area contributed by atoms with Crippen molar-refractivity contribution in [2.45, 2.75) is 56.6 Å². The van der Waals surface area contributed by atoms with E-state index in [1.807, 2.05) is 0 Å². The first kappa shape index (κ1) is 19.0. The lowest BCUT2D eigenvalue weighted by molar-refractivity contribution is -0.140. The van der Waals surface area contributed by atoms with E-state index in [4.69, 9.17) is 14.9 Å². The molecule has 1 aliphatic heterocycles. The minimum absolute atomic E-state index is 0.0748. The molecule has 0 spiro atoms. The van der Waals surface area contributed by atoms with Crippen LogP contribution in [-0.4, -0.2) is 49.2 Å². The van der Waals surface area contributed by atoms with Gasteiger partial charge in [0.15, 0.2) is 15.9 Å². The summed E-state index contributed by atoms with van der Waals surface area (Å²) in [7, 11) is -0.894. The van der Waals surface area contributed by atoms with Crippen LogP contribution in [0.1, 0.15) is 32.9 Å². The number of rotatable bonds is 7. The summed E-state index contributed by atoms with van der Waals surface area (Å²) in [4.78, 5) is 15.2. The number of nitrogens with zero attached hydrogens (tertiary/aromatic N) is 2. The molecule has 2 heterocycles. The van der Waals surface area contributed by atoms with Crippen molar-refractivity contribution < 1.29 is 23.1 Å². The highest BCUT2D eigenvalue weighted by Crippen LogP contribution is 2.42. The van der Waals surface area contributed by atoms with Gasteiger partial charge in [-0.2, -0.15) is 13.8 Å². The predicted octanol–water partition coefficient (Wildman–Crippen LogP) is 0.428. The zero-order chi connectivity index (χ0) is 17.9. The molecule has 24 heavy (non-hydrogen) atoms. The number of alkyl halides is 2. The number of aromatic nitrogens is 2. The van der Waals surface area contributed by atoms with Gasteiger partial charge < -0.3 is 20.0 Å². The van der Waals surface area contributed by atoms with E-state index in [0.29, 0.717) is 10.1 Å². The molecule has 3 unspecified atom stereocenters. The van der Waals surface area contributed by atoms with Crippen LogP contribution in [0.25, 0.3) is 0 Å². The van der Waals surface area contributed by atoms with Crippen LogP contribution in [0, 0.1) is 0 Å². The van der Waals surface area contributed by atoms with Crippen LogP contribution < -0.4 is 11.4 Å². The molecule has 1 aromatic heterocycles. The summed E-state index contributed by atoms with van der Waals surface area (Å²) in [6, 6.07) is 1.22. The number of nitrogens with two attached hydrogens (primary N) is 1. The van der Waals surface area contributed by atoms with Gasteiger partial charge in [-0.05, 0) is 11.6 Å². The summed E-state index contributed by atoms with van der Waals surface area (Å²) in [5.74, 6) is -3.71. The lowest BCUT2D eigenvalue weighted by Gasteiger charge is -2.20. The van der Waals surface area contributed by atoms with Gasteiger partial charge in [0.25, 0.3) is 0 Å². The first-order valence-corrected chi connectivity index (χ1v) is 9.34. The topological polar surface area (TPSA) is 99.6 Å². The maximum Gasteiger partial charge on any atom is 0.351 e. The van der Waals surface area contributed by atoms with Crippen LogP contribution >= 0.6 is 0 Å². The fourth-order valence-corrected chi connectivity index (χ4v) is 3.76. The van der Waals surface area contributed by atoms with E-state index in [1.165, 1.54) is 6.07 Å². The summed E-state index contributed by atoms with van der Waals surface area (Å²) in [6.07, 6.45) is -2.15. The average Bonchev–Trinajstić information content (AvgIpc) is 2.75. The largest absolute Gasteiger partial charge is 0.421 e. The van der Waals surface area contributed by atoms with E-state index in [0.717, 1.165) is 19.0 Å². The van der Waals surface area contributed by atoms with Crippen molar-refractivity contribution in [3.63, 3.8) is 0 Å². The highest BCUT2D eigenvalue weighted by Gasteiger charge is 2.59. The molecule has 2 rings (SSSR count). The van der Waals surface area contributed by atoms with Crippen molar-refractivity contribution in [3.8, 4) is 0 Å². The SMILES string of the molecule is CCC(CC)[SiH2]OCC1OC(n2ccc(N)nc2=O)C(F)(F)C1O. The third kappa shape index (κ3) is 3.82. The van der Waals surface area contributed by atoms with Crippen molar-refractivity contribution in [2.75, 3.05) is 12.3 Å². The van der Waals surface area contributed by atoms with E-state index < -0.39 is 39.8 Å². The van der Waals surface area contributed by atoms with E-state index in [-0.39, 0.29) is 12.4 Å². The Labute approximate surface area is 140 Å². The molecule has 0 amide bonds. The zero-order valence-electron chi connectivity index (χ0n) is 13.7. The average molecular weight is 363 g/mol. The Hall–Kier alpha value is -1.36. The summed E-state index contributed by atoms with van der Waals surface area (Å²) < 4.78 is 40.0. The molecule has 136 valence electrons. The van der Waals surface area contributed by atoms with Gasteiger partial charge in [0.1, 0.15) is 11.9 Å². The fourth-order valence-electron chi connectivity index (χ4n) is 2.59. The Morgan fingerprint density at radius 1 is 1.54 bits per heavy atom. The maximum atomic E-state index is 14.3. The standard InChI is InChI=1S/C14H23F2N3O4Si/c1-3-8(4-2)24-22-7-9-11(20)14(15,16)12(23-9)19-6-5-10(17)18-13(19)21/h5-6,8-9,11-12,20H,3-4,7,24H2,1-2H3,(H2,17,18,21). The van der Waals surface area contributed by atoms with Crippen molar-refractivity contribution in [2.24, 2.45) is 0 Å². The lowest BCUT2D eigenvalue weighted by atomic mass is 10.1. The second-order valence-corrected chi connectivity index (χ2v) is 7.80. The van der Waals surface area contributed by atoms with Gasteiger partial charge in [0.2, 0.25) is 6.23 Å². The molecule has 0 bridgehead atoms. The van der Waals surface area contributed by atoms with Gasteiger partial charge in [-0.15, -0.1) is 0 Å². The highest BCUT2D eigenvalue weighted by atomic mass is 28.2. The molecule has 1 fully saturated rings. The Bertz CT molecular complexity index is 612. The summed E-state index contributed by atoms with van der Waals surface area (Å²) in [5.41, 5.74) is 4.85. The maximum absolute atomic E-state index is 14.3. The summed E-state index contributed by atoms with van der Waals surface area (Å²) in [5, 5.41) is 9.87. The van der Waals surface area contributed by atoms with E-state index >= 15 is 0 Å². The smallest absolute Gasteiger partial charge is 0.351 e. The molecule has 1 aliphatic rings. The molecule has 0 aliphatic carbocycles. The molecule has 3 atom stereocenters. The number of aliphatic hydroxyl groups is 1. The number of aliphatic hydroxyl groups excluding tert-OH is 1. The molecule has 1 aromatic rings. The lowest BCUT2D eigenvalue weighted by Crippen LogP contribution is -2.42. The Balaban J connectivity index is 2.08. The molecule has 0 aromatic carbocycles. The van der Waals surface area contributed by atoms with Crippen LogP contribution in [0.15, 0.2) is 17.1 Å². The second-order valence-electron chi connectivity index (χ2n) is 5.91. The first-order valence-electron chi connectivity index (χ1n) is 7.94. The van der Waals surface area contributed by atoms with Gasteiger partial charge in [-0.1, -0.05) is 26.7 Å². The monoisotopic (exact) mass is 363 g/mol. The zero-order valence-corrected chi connectivity index (χ0v) is 15.1. The number of halogens is 2. The Morgan fingerprint density at radius 3 is 2.79 bits per heavy atom. The predicted molar refractivity (Wildman–Crippen MR) is 86.6 cm³/mol. The van der Waals surface area contributed by atoms with Crippen molar-refractivity contribution in [3.05, 3.63) is 22.7 Å². The van der Waals surface area contributed by atoms with E-state index in [2.05, 4.69) is 18.8 Å².